The van der Waals surface area contributed by atoms with Gasteiger partial charge in [0.1, 0.15) is 0 Å². The van der Waals surface area contributed by atoms with Gasteiger partial charge < -0.3 is 21.0 Å². The van der Waals surface area contributed by atoms with Gasteiger partial charge in [0, 0.05) is 16.9 Å². The first-order chi connectivity index (χ1) is 31.5. The smallest absolute Gasteiger partial charge is 0.657 e. The Hall–Kier alpha value is -8.19. The van der Waals surface area contributed by atoms with Crippen molar-refractivity contribution in [2.75, 3.05) is 11.1 Å². The Bertz CT molecular complexity index is 3450. The fraction of sp³-hybridized carbons (Fsp3) is 0. The molecule has 0 unspecified atom stereocenters. The quantitative estimate of drug-likeness (QED) is 0.122. The fourth-order valence-corrected chi connectivity index (χ4v) is 8.57. The third kappa shape index (κ3) is 8.04. The van der Waals surface area contributed by atoms with Crippen molar-refractivity contribution in [1.82, 2.24) is 19.9 Å². The van der Waals surface area contributed by atoms with Crippen molar-refractivity contribution in [2.24, 2.45) is 0 Å². The van der Waals surface area contributed by atoms with E-state index in [0.717, 1.165) is 100 Å². The number of fused-ring (bicyclic) bond motifs is 8. The van der Waals surface area contributed by atoms with Crippen molar-refractivity contribution in [3.63, 3.8) is 0 Å². The van der Waals surface area contributed by atoms with Crippen molar-refractivity contribution < 1.29 is 24.3 Å². The number of amides is 1. The second kappa shape index (κ2) is 17.5. The standard InChI is InChI=1S/C57H39N6O.Zn/c58-43-20-10-18-41(34-43)42-19-11-21-44(35-42)59-57(64)40-24-22-39(23-25-40)56-51-32-30-49(62-51)54(37-14-6-2-7-15-37)47-28-26-45(60-47)53(36-12-4-1-5-13-36)46-27-29-48(61-46)55(38-16-8-3-9-17-38)50-31-33-52(56)63-50;/h1-35H,58H2,(H2-,59,60,61,62,63,64);/q-1;+2/p-1. The first kappa shape index (κ1) is 40.9. The topological polar surface area (TPSA) is 109 Å². The van der Waals surface area contributed by atoms with Crippen LogP contribution in [0.25, 0.3) is 102 Å². The molecule has 2 aliphatic heterocycles. The summed E-state index contributed by atoms with van der Waals surface area (Å²) in [5.74, 6) is -0.221. The van der Waals surface area contributed by atoms with E-state index in [0.29, 0.717) is 16.9 Å². The number of benzene rings is 6. The summed E-state index contributed by atoms with van der Waals surface area (Å²) in [6, 6.07) is 62.2. The number of hydrogen-bond donors (Lipinski definition) is 2. The molecule has 6 aromatic carbocycles. The minimum Gasteiger partial charge on any atom is -0.657 e. The molecular formula is C57H38N6OZn. The number of rotatable bonds is 7. The number of carbonyl (C=O) groups is 1. The van der Waals surface area contributed by atoms with Gasteiger partial charge in [0.05, 0.1) is 22.8 Å². The van der Waals surface area contributed by atoms with Crippen LogP contribution < -0.4 is 21.0 Å². The van der Waals surface area contributed by atoms with Gasteiger partial charge in [-0.1, -0.05) is 152 Å². The molecule has 3 N–H and O–H groups in total. The van der Waals surface area contributed by atoms with E-state index < -0.39 is 0 Å². The largest absolute Gasteiger partial charge is 2.00 e. The Morgan fingerprint density at radius 2 is 0.769 bits per heavy atom. The maximum Gasteiger partial charge on any atom is 2.00 e. The molecule has 0 aliphatic carbocycles. The van der Waals surface area contributed by atoms with Crippen LogP contribution >= 0.6 is 0 Å². The molecule has 0 atom stereocenters. The number of aromatic nitrogens is 4. The van der Waals surface area contributed by atoms with E-state index in [1.165, 1.54) is 0 Å². The second-order valence-corrected chi connectivity index (χ2v) is 15.7. The first-order valence-electron chi connectivity index (χ1n) is 21.1. The molecule has 0 radical (unpaired) electrons. The Kier molecular flexibility index (Phi) is 11.0. The summed E-state index contributed by atoms with van der Waals surface area (Å²) in [4.78, 5) is 35.2. The molecule has 65 heavy (non-hydrogen) atoms. The first-order valence-corrected chi connectivity index (χ1v) is 21.1. The average molecular weight is 888 g/mol. The molecule has 0 spiro atoms. The van der Waals surface area contributed by atoms with E-state index in [-0.39, 0.29) is 25.4 Å². The van der Waals surface area contributed by atoms with Gasteiger partial charge >= 0.3 is 19.5 Å². The molecule has 3 aromatic heterocycles. The van der Waals surface area contributed by atoms with Gasteiger partial charge in [-0.2, -0.15) is 0 Å². The molecule has 11 rings (SSSR count). The third-order valence-corrected chi connectivity index (χ3v) is 11.6. The maximum absolute atomic E-state index is 13.7. The molecule has 5 heterocycles. The summed E-state index contributed by atoms with van der Waals surface area (Å²) < 4.78 is 0. The zero-order chi connectivity index (χ0) is 43.0. The van der Waals surface area contributed by atoms with Crippen molar-refractivity contribution in [1.29, 1.82) is 0 Å². The zero-order valence-electron chi connectivity index (χ0n) is 35.2. The van der Waals surface area contributed by atoms with E-state index in [2.05, 4.69) is 78.1 Å². The second-order valence-electron chi connectivity index (χ2n) is 15.7. The Labute approximate surface area is 388 Å². The van der Waals surface area contributed by atoms with Gasteiger partial charge in [0.25, 0.3) is 5.91 Å². The predicted octanol–water partition coefficient (Wildman–Crippen LogP) is 13.1. The van der Waals surface area contributed by atoms with Gasteiger partial charge in [-0.25, -0.2) is 9.97 Å². The minimum absolute atomic E-state index is 0. The van der Waals surface area contributed by atoms with Crippen LogP contribution in [0.2, 0.25) is 0 Å². The summed E-state index contributed by atoms with van der Waals surface area (Å²) in [5.41, 5.74) is 23.7. The number of nitrogens with one attached hydrogen (secondary N) is 1. The molecule has 1 amide bonds. The Morgan fingerprint density at radius 3 is 1.18 bits per heavy atom. The van der Waals surface area contributed by atoms with Crippen molar-refractivity contribution >= 4 is 63.7 Å². The molecule has 0 saturated heterocycles. The van der Waals surface area contributed by atoms with Gasteiger partial charge in [-0.3, -0.25) is 4.79 Å². The number of nitrogens with zero attached hydrogens (tertiary/aromatic N) is 4. The average Bonchev–Trinajstić information content (AvgIpc) is 4.19. The van der Waals surface area contributed by atoms with E-state index >= 15 is 0 Å². The van der Waals surface area contributed by atoms with Crippen LogP contribution in [0.4, 0.5) is 11.4 Å². The van der Waals surface area contributed by atoms with Crippen LogP contribution in [0.5, 0.6) is 0 Å². The summed E-state index contributed by atoms with van der Waals surface area (Å²) in [6.45, 7) is 0. The summed E-state index contributed by atoms with van der Waals surface area (Å²) in [6.07, 6.45) is 8.26. The maximum atomic E-state index is 13.7. The number of carbonyl (C=O) groups excluding carboxylic acids is 1. The SMILES string of the molecule is Nc1cccc(-c2cccc(NC(=O)c3ccc(-c4c5nc(c(-c6ccccc6)c6ccc([n-]6)c(-c6ccccc6)c6nc(c(-c7ccccc7)c7ccc4[n-]7)C=C6)C=C5)cc3)c2)c1.[Zn+2]. The van der Waals surface area contributed by atoms with Gasteiger partial charge in [-0.15, -0.1) is 22.1 Å². The predicted molar refractivity (Wildman–Crippen MR) is 263 cm³/mol. The van der Waals surface area contributed by atoms with Crippen LogP contribution in [-0.4, -0.2) is 15.9 Å². The van der Waals surface area contributed by atoms with Crippen LogP contribution in [0.15, 0.2) is 188 Å². The molecule has 8 bridgehead atoms. The zero-order valence-corrected chi connectivity index (χ0v) is 38.2. The molecule has 9 aromatic rings. The van der Waals surface area contributed by atoms with E-state index in [1.807, 2.05) is 140 Å². The molecule has 7 nitrogen and oxygen atoms in total. The Balaban J connectivity index is 0.00000498. The van der Waals surface area contributed by atoms with E-state index in [1.54, 1.807) is 0 Å². The number of anilines is 2. The normalized spacial score (nSPS) is 11.6. The number of nitrogens with two attached hydrogens (primary N) is 1. The molecular weight excluding hydrogens is 850 g/mol. The molecule has 0 fully saturated rings. The molecule has 8 heteroatoms. The summed E-state index contributed by atoms with van der Waals surface area (Å²) in [5, 5.41) is 3.08. The van der Waals surface area contributed by atoms with Gasteiger partial charge in [0.15, 0.2) is 0 Å². The molecule has 0 saturated carbocycles. The number of nitrogen functional groups attached to an aromatic ring is 1. The van der Waals surface area contributed by atoms with E-state index in [4.69, 9.17) is 25.7 Å². The fourth-order valence-electron chi connectivity index (χ4n) is 8.57. The molecule has 2 aliphatic rings. The monoisotopic (exact) mass is 886 g/mol. The van der Waals surface area contributed by atoms with Crippen LogP contribution in [0, 0.1) is 0 Å². The van der Waals surface area contributed by atoms with Crippen LogP contribution in [-0.2, 0) is 19.5 Å². The van der Waals surface area contributed by atoms with Gasteiger partial charge in [-0.05, 0) is 116 Å². The third-order valence-electron chi connectivity index (χ3n) is 11.6. The van der Waals surface area contributed by atoms with Gasteiger partial charge in [0.2, 0.25) is 0 Å². The summed E-state index contributed by atoms with van der Waals surface area (Å²) in [7, 11) is 0. The van der Waals surface area contributed by atoms with E-state index in [9.17, 15) is 4.79 Å². The summed E-state index contributed by atoms with van der Waals surface area (Å²) >= 11 is 0. The van der Waals surface area contributed by atoms with Crippen LogP contribution in [0.3, 0.4) is 0 Å². The van der Waals surface area contributed by atoms with Crippen molar-refractivity contribution in [3.8, 4) is 55.6 Å². The minimum atomic E-state index is -0.221. The number of hydrogen-bond acceptors (Lipinski definition) is 4. The van der Waals surface area contributed by atoms with Crippen LogP contribution in [0.1, 0.15) is 33.1 Å². The molecule has 304 valence electrons. The Morgan fingerprint density at radius 1 is 0.400 bits per heavy atom. The van der Waals surface area contributed by atoms with Crippen molar-refractivity contribution in [3.05, 3.63) is 216 Å². The van der Waals surface area contributed by atoms with Crippen molar-refractivity contribution in [2.45, 2.75) is 0 Å².